The van der Waals surface area contributed by atoms with Gasteiger partial charge in [0.15, 0.2) is 0 Å². The zero-order valence-corrected chi connectivity index (χ0v) is 9.98. The van der Waals surface area contributed by atoms with Crippen LogP contribution in [0.15, 0.2) is 4.90 Å². The highest BCUT2D eigenvalue weighted by atomic mass is 35.7. The number of rotatable bonds is 3. The Hall–Kier alpha value is -0.550. The van der Waals surface area contributed by atoms with Crippen LogP contribution in [0.5, 0.6) is 0 Å². The third-order valence-electron chi connectivity index (χ3n) is 1.99. The first-order valence-electron chi connectivity index (χ1n) is 4.36. The van der Waals surface area contributed by atoms with Crippen LogP contribution in [0.25, 0.3) is 0 Å². The average molecular weight is 237 g/mol. The van der Waals surface area contributed by atoms with E-state index in [1.807, 2.05) is 6.92 Å². The molecule has 0 aliphatic rings. The van der Waals surface area contributed by atoms with E-state index in [0.29, 0.717) is 17.9 Å². The SMILES string of the molecule is CCCn1nc(C)c(S(=O)(=O)Cl)c1C. The maximum Gasteiger partial charge on any atom is 0.264 e. The molecule has 0 aliphatic heterocycles. The minimum atomic E-state index is -3.67. The van der Waals surface area contributed by atoms with Gasteiger partial charge in [0.1, 0.15) is 4.90 Å². The number of hydrogen-bond donors (Lipinski definition) is 0. The second kappa shape index (κ2) is 3.90. The highest BCUT2D eigenvalue weighted by Crippen LogP contribution is 2.23. The second-order valence-electron chi connectivity index (χ2n) is 3.16. The Balaban J connectivity index is 3.32. The molecule has 0 N–H and O–H groups in total. The summed E-state index contributed by atoms with van der Waals surface area (Å²) in [6.07, 6.45) is 0.906. The quantitative estimate of drug-likeness (QED) is 0.753. The zero-order valence-electron chi connectivity index (χ0n) is 8.41. The van der Waals surface area contributed by atoms with Gasteiger partial charge in [-0.25, -0.2) is 8.42 Å². The summed E-state index contributed by atoms with van der Waals surface area (Å²) in [6.45, 7) is 6.07. The molecule has 1 heterocycles. The van der Waals surface area contributed by atoms with Crippen molar-refractivity contribution in [3.05, 3.63) is 11.4 Å². The van der Waals surface area contributed by atoms with Crippen molar-refractivity contribution in [2.24, 2.45) is 0 Å². The van der Waals surface area contributed by atoms with Crippen molar-refractivity contribution in [2.75, 3.05) is 0 Å². The van der Waals surface area contributed by atoms with Crippen molar-refractivity contribution in [3.8, 4) is 0 Å². The number of aryl methyl sites for hydroxylation is 2. The fraction of sp³-hybridized carbons (Fsp3) is 0.625. The Bertz CT molecular complexity index is 436. The van der Waals surface area contributed by atoms with Gasteiger partial charge in [-0.05, 0) is 20.3 Å². The molecule has 4 nitrogen and oxygen atoms in total. The fourth-order valence-electron chi connectivity index (χ4n) is 1.46. The normalized spacial score (nSPS) is 12.0. The van der Waals surface area contributed by atoms with Crippen LogP contribution in [0.3, 0.4) is 0 Å². The van der Waals surface area contributed by atoms with Crippen molar-refractivity contribution < 1.29 is 8.42 Å². The molecule has 14 heavy (non-hydrogen) atoms. The molecule has 0 spiro atoms. The molecule has 0 saturated heterocycles. The Morgan fingerprint density at radius 3 is 2.36 bits per heavy atom. The van der Waals surface area contributed by atoms with Gasteiger partial charge in [-0.3, -0.25) is 4.68 Å². The summed E-state index contributed by atoms with van der Waals surface area (Å²) in [5, 5.41) is 4.12. The van der Waals surface area contributed by atoms with E-state index in [4.69, 9.17) is 10.7 Å². The predicted molar refractivity (Wildman–Crippen MR) is 55.0 cm³/mol. The molecule has 0 unspecified atom stereocenters. The zero-order chi connectivity index (χ0) is 10.9. The topological polar surface area (TPSA) is 52.0 Å². The highest BCUT2D eigenvalue weighted by Gasteiger charge is 2.21. The summed E-state index contributed by atoms with van der Waals surface area (Å²) in [5.74, 6) is 0. The van der Waals surface area contributed by atoms with Crippen molar-refractivity contribution in [1.82, 2.24) is 9.78 Å². The van der Waals surface area contributed by atoms with E-state index in [0.717, 1.165) is 6.42 Å². The maximum atomic E-state index is 11.2. The standard InChI is InChI=1S/C8H13ClN2O2S/c1-4-5-11-7(3)8(6(2)10-11)14(9,12)13/h4-5H2,1-3H3. The molecule has 80 valence electrons. The van der Waals surface area contributed by atoms with Gasteiger partial charge in [-0.15, -0.1) is 0 Å². The fourth-order valence-corrected chi connectivity index (χ4v) is 2.98. The van der Waals surface area contributed by atoms with Gasteiger partial charge in [0.2, 0.25) is 0 Å². The molecule has 1 aromatic heterocycles. The lowest BCUT2D eigenvalue weighted by Gasteiger charge is -2.00. The molecule has 0 aromatic carbocycles. The third-order valence-corrected chi connectivity index (χ3v) is 3.54. The van der Waals surface area contributed by atoms with Gasteiger partial charge >= 0.3 is 0 Å². The van der Waals surface area contributed by atoms with Crippen LogP contribution in [0.2, 0.25) is 0 Å². The summed E-state index contributed by atoms with van der Waals surface area (Å²) in [7, 11) is 1.63. The maximum absolute atomic E-state index is 11.2. The van der Waals surface area contributed by atoms with Crippen LogP contribution in [-0.4, -0.2) is 18.2 Å². The molecule has 0 atom stereocenters. The summed E-state index contributed by atoms with van der Waals surface area (Å²) in [6, 6.07) is 0. The molecule has 0 saturated carbocycles. The Kier molecular flexibility index (Phi) is 3.21. The number of nitrogens with zero attached hydrogens (tertiary/aromatic N) is 2. The molecule has 0 radical (unpaired) electrons. The monoisotopic (exact) mass is 236 g/mol. The minimum Gasteiger partial charge on any atom is -0.268 e. The second-order valence-corrected chi connectivity index (χ2v) is 5.66. The summed E-state index contributed by atoms with van der Waals surface area (Å²) in [5.41, 5.74) is 1.07. The van der Waals surface area contributed by atoms with Crippen LogP contribution in [0.4, 0.5) is 0 Å². The largest absolute Gasteiger partial charge is 0.268 e. The Morgan fingerprint density at radius 1 is 1.43 bits per heavy atom. The molecular weight excluding hydrogens is 224 g/mol. The molecule has 6 heteroatoms. The van der Waals surface area contributed by atoms with Crippen LogP contribution in [-0.2, 0) is 15.6 Å². The first kappa shape index (κ1) is 11.5. The lowest BCUT2D eigenvalue weighted by atomic mass is 10.4. The number of halogens is 1. The number of hydrogen-bond acceptors (Lipinski definition) is 3. The van der Waals surface area contributed by atoms with Gasteiger partial charge in [-0.2, -0.15) is 5.10 Å². The number of aromatic nitrogens is 2. The van der Waals surface area contributed by atoms with E-state index in [2.05, 4.69) is 5.10 Å². The van der Waals surface area contributed by atoms with Crippen molar-refractivity contribution in [2.45, 2.75) is 38.6 Å². The lowest BCUT2D eigenvalue weighted by Crippen LogP contribution is -2.02. The molecule has 0 aliphatic carbocycles. The van der Waals surface area contributed by atoms with Gasteiger partial charge < -0.3 is 0 Å². The molecule has 1 aromatic rings. The Morgan fingerprint density at radius 2 is 2.00 bits per heavy atom. The van der Waals surface area contributed by atoms with E-state index in [1.54, 1.807) is 18.5 Å². The van der Waals surface area contributed by atoms with Gasteiger partial charge in [0.25, 0.3) is 9.05 Å². The van der Waals surface area contributed by atoms with Crippen molar-refractivity contribution in [1.29, 1.82) is 0 Å². The van der Waals surface area contributed by atoms with Gasteiger partial charge in [0.05, 0.1) is 11.4 Å². The molecular formula is C8H13ClN2O2S. The molecule has 0 amide bonds. The first-order valence-corrected chi connectivity index (χ1v) is 6.67. The van der Waals surface area contributed by atoms with Crippen LogP contribution in [0.1, 0.15) is 24.7 Å². The van der Waals surface area contributed by atoms with Crippen LogP contribution < -0.4 is 0 Å². The summed E-state index contributed by atoms with van der Waals surface area (Å²) < 4.78 is 24.1. The van der Waals surface area contributed by atoms with Gasteiger partial charge in [0, 0.05) is 17.2 Å². The first-order chi connectivity index (χ1) is 6.38. The lowest BCUT2D eigenvalue weighted by molar-refractivity contribution is 0.580. The van der Waals surface area contributed by atoms with Crippen LogP contribution >= 0.6 is 10.7 Å². The minimum absolute atomic E-state index is 0.146. The van der Waals surface area contributed by atoms with E-state index in [9.17, 15) is 8.42 Å². The molecule has 1 rings (SSSR count). The molecule has 0 fully saturated rings. The highest BCUT2D eigenvalue weighted by molar-refractivity contribution is 8.13. The third kappa shape index (κ3) is 2.09. The summed E-state index contributed by atoms with van der Waals surface area (Å²) >= 11 is 0. The van der Waals surface area contributed by atoms with E-state index < -0.39 is 9.05 Å². The smallest absolute Gasteiger partial charge is 0.264 e. The Labute approximate surface area is 88.3 Å². The van der Waals surface area contributed by atoms with Crippen molar-refractivity contribution >= 4 is 19.7 Å². The van der Waals surface area contributed by atoms with E-state index in [1.165, 1.54) is 0 Å². The molecule has 0 bridgehead atoms. The van der Waals surface area contributed by atoms with E-state index in [-0.39, 0.29) is 4.90 Å². The average Bonchev–Trinajstić information content (AvgIpc) is 2.26. The van der Waals surface area contributed by atoms with Gasteiger partial charge in [-0.1, -0.05) is 6.92 Å². The van der Waals surface area contributed by atoms with Crippen molar-refractivity contribution in [3.63, 3.8) is 0 Å². The van der Waals surface area contributed by atoms with E-state index >= 15 is 0 Å². The predicted octanol–water partition coefficient (Wildman–Crippen LogP) is 1.84. The van der Waals surface area contributed by atoms with Crippen LogP contribution in [0, 0.1) is 13.8 Å². The summed E-state index contributed by atoms with van der Waals surface area (Å²) in [4.78, 5) is 0.146.